The van der Waals surface area contributed by atoms with E-state index in [4.69, 9.17) is 0 Å². The van der Waals surface area contributed by atoms with Crippen molar-refractivity contribution in [3.05, 3.63) is 29.6 Å². The molecule has 1 aromatic carbocycles. The second-order valence-corrected chi connectivity index (χ2v) is 6.03. The van der Waals surface area contributed by atoms with Crippen molar-refractivity contribution in [3.63, 3.8) is 0 Å². The van der Waals surface area contributed by atoms with Gasteiger partial charge in [0.1, 0.15) is 5.82 Å². The van der Waals surface area contributed by atoms with E-state index in [1.807, 2.05) is 6.07 Å². The summed E-state index contributed by atoms with van der Waals surface area (Å²) in [5, 5.41) is 3.40. The summed E-state index contributed by atoms with van der Waals surface area (Å²) in [5.41, 5.74) is 1.77. The third-order valence-electron chi connectivity index (χ3n) is 4.23. The zero-order valence-corrected chi connectivity index (χ0v) is 13.5. The highest BCUT2D eigenvalue weighted by atomic mass is 19.1. The number of nitrogens with one attached hydrogen (secondary N) is 1. The van der Waals surface area contributed by atoms with Crippen molar-refractivity contribution in [2.24, 2.45) is 0 Å². The maximum absolute atomic E-state index is 14.5. The number of hydrogen-bond acceptors (Lipinski definition) is 3. The molecule has 3 nitrogen and oxygen atoms in total. The Morgan fingerprint density at radius 3 is 2.76 bits per heavy atom. The molecule has 21 heavy (non-hydrogen) atoms. The van der Waals surface area contributed by atoms with Gasteiger partial charge in [-0.25, -0.2) is 4.39 Å². The minimum absolute atomic E-state index is 0.0952. The second-order valence-electron chi connectivity index (χ2n) is 6.03. The minimum atomic E-state index is -0.0952. The Morgan fingerprint density at radius 2 is 2.05 bits per heavy atom. The van der Waals surface area contributed by atoms with Gasteiger partial charge in [-0.15, -0.1) is 0 Å². The summed E-state index contributed by atoms with van der Waals surface area (Å²) in [6.07, 6.45) is 2.18. The first kappa shape index (κ1) is 16.2. The van der Waals surface area contributed by atoms with E-state index < -0.39 is 0 Å². The topological polar surface area (TPSA) is 18.5 Å². The minimum Gasteiger partial charge on any atom is -0.368 e. The van der Waals surface area contributed by atoms with Crippen LogP contribution in [0.15, 0.2) is 18.2 Å². The predicted octanol–water partition coefficient (Wildman–Crippen LogP) is 3.03. The standard InChI is InChI=1S/C17H28FN3/c1-4-8-19-14(2)15-6-7-17(16(18)13-15)21-10-5-9-20(3)11-12-21/h6-7,13-14,19H,4-5,8-12H2,1-3H3. The first-order valence-corrected chi connectivity index (χ1v) is 8.08. The molecular formula is C17H28FN3. The smallest absolute Gasteiger partial charge is 0.146 e. The average Bonchev–Trinajstić information content (AvgIpc) is 2.69. The van der Waals surface area contributed by atoms with Gasteiger partial charge in [0.25, 0.3) is 0 Å². The summed E-state index contributed by atoms with van der Waals surface area (Å²) < 4.78 is 14.5. The third-order valence-corrected chi connectivity index (χ3v) is 4.23. The van der Waals surface area contributed by atoms with E-state index in [0.29, 0.717) is 0 Å². The first-order chi connectivity index (χ1) is 10.1. The summed E-state index contributed by atoms with van der Waals surface area (Å²) in [5.74, 6) is -0.0952. The molecule has 4 heteroatoms. The SMILES string of the molecule is CCCNC(C)c1ccc(N2CCCN(C)CC2)c(F)c1. The normalized spacial score (nSPS) is 18.6. The van der Waals surface area contributed by atoms with Crippen LogP contribution in [0.4, 0.5) is 10.1 Å². The van der Waals surface area contributed by atoms with Crippen LogP contribution in [0, 0.1) is 5.82 Å². The van der Waals surface area contributed by atoms with Crippen LogP contribution in [0.5, 0.6) is 0 Å². The summed E-state index contributed by atoms with van der Waals surface area (Å²) >= 11 is 0. The maximum Gasteiger partial charge on any atom is 0.146 e. The van der Waals surface area contributed by atoms with Crippen molar-refractivity contribution in [1.29, 1.82) is 0 Å². The average molecular weight is 293 g/mol. The van der Waals surface area contributed by atoms with Crippen LogP contribution in [0.1, 0.15) is 38.3 Å². The van der Waals surface area contributed by atoms with E-state index in [1.165, 1.54) is 0 Å². The van der Waals surface area contributed by atoms with Gasteiger partial charge < -0.3 is 15.1 Å². The van der Waals surface area contributed by atoms with E-state index in [2.05, 4.69) is 42.1 Å². The molecule has 1 aliphatic heterocycles. The van der Waals surface area contributed by atoms with Crippen molar-refractivity contribution in [1.82, 2.24) is 10.2 Å². The molecule has 1 heterocycles. The molecular weight excluding hydrogens is 265 g/mol. The van der Waals surface area contributed by atoms with Crippen LogP contribution in [0.2, 0.25) is 0 Å². The number of likely N-dealkylation sites (N-methyl/N-ethyl adjacent to an activating group) is 1. The van der Waals surface area contributed by atoms with Gasteiger partial charge in [-0.2, -0.15) is 0 Å². The summed E-state index contributed by atoms with van der Waals surface area (Å²) in [6.45, 7) is 9.11. The molecule has 118 valence electrons. The Hall–Kier alpha value is -1.13. The summed E-state index contributed by atoms with van der Waals surface area (Å²) in [4.78, 5) is 4.48. The fourth-order valence-corrected chi connectivity index (χ4v) is 2.82. The molecule has 1 atom stereocenters. The quantitative estimate of drug-likeness (QED) is 0.900. The Kier molecular flexibility index (Phi) is 6.00. The highest BCUT2D eigenvalue weighted by molar-refractivity contribution is 5.49. The van der Waals surface area contributed by atoms with Gasteiger partial charge in [0.2, 0.25) is 0 Å². The van der Waals surface area contributed by atoms with Crippen LogP contribution in [0.3, 0.4) is 0 Å². The van der Waals surface area contributed by atoms with Crippen molar-refractivity contribution < 1.29 is 4.39 Å². The fraction of sp³-hybridized carbons (Fsp3) is 0.647. The van der Waals surface area contributed by atoms with E-state index in [0.717, 1.165) is 56.8 Å². The maximum atomic E-state index is 14.5. The Labute approximate surface area is 128 Å². The van der Waals surface area contributed by atoms with Crippen LogP contribution >= 0.6 is 0 Å². The largest absolute Gasteiger partial charge is 0.368 e. The summed E-state index contributed by atoms with van der Waals surface area (Å²) in [7, 11) is 2.13. The number of nitrogens with zero attached hydrogens (tertiary/aromatic N) is 2. The lowest BCUT2D eigenvalue weighted by Gasteiger charge is -2.24. The molecule has 2 rings (SSSR count). The van der Waals surface area contributed by atoms with Crippen molar-refractivity contribution in [2.75, 3.05) is 44.7 Å². The lowest BCUT2D eigenvalue weighted by atomic mass is 10.1. The van der Waals surface area contributed by atoms with Crippen molar-refractivity contribution in [3.8, 4) is 0 Å². The van der Waals surface area contributed by atoms with Gasteiger partial charge in [0, 0.05) is 25.7 Å². The molecule has 1 saturated heterocycles. The predicted molar refractivity (Wildman–Crippen MR) is 87.4 cm³/mol. The number of benzene rings is 1. The zero-order chi connectivity index (χ0) is 15.2. The van der Waals surface area contributed by atoms with E-state index in [9.17, 15) is 4.39 Å². The molecule has 0 radical (unpaired) electrons. The molecule has 0 saturated carbocycles. The molecule has 1 unspecified atom stereocenters. The van der Waals surface area contributed by atoms with Gasteiger partial charge >= 0.3 is 0 Å². The van der Waals surface area contributed by atoms with E-state index in [1.54, 1.807) is 6.07 Å². The van der Waals surface area contributed by atoms with Gasteiger partial charge in [-0.3, -0.25) is 0 Å². The molecule has 0 aliphatic carbocycles. The van der Waals surface area contributed by atoms with Crippen LogP contribution in [-0.4, -0.2) is 44.7 Å². The highest BCUT2D eigenvalue weighted by Gasteiger charge is 2.17. The van der Waals surface area contributed by atoms with Gasteiger partial charge in [-0.05, 0) is 57.6 Å². The third kappa shape index (κ3) is 4.42. The second kappa shape index (κ2) is 7.76. The molecule has 1 fully saturated rings. The number of rotatable bonds is 5. The number of hydrogen-bond donors (Lipinski definition) is 1. The lowest BCUT2D eigenvalue weighted by Crippen LogP contribution is -2.29. The molecule has 0 bridgehead atoms. The van der Waals surface area contributed by atoms with Crippen LogP contribution in [-0.2, 0) is 0 Å². The summed E-state index contributed by atoms with van der Waals surface area (Å²) in [6, 6.07) is 5.89. The molecule has 0 amide bonds. The molecule has 0 aromatic heterocycles. The Morgan fingerprint density at radius 1 is 1.24 bits per heavy atom. The first-order valence-electron chi connectivity index (χ1n) is 8.08. The fourth-order valence-electron chi connectivity index (χ4n) is 2.82. The van der Waals surface area contributed by atoms with Gasteiger partial charge in [0.15, 0.2) is 0 Å². The van der Waals surface area contributed by atoms with Crippen molar-refractivity contribution in [2.45, 2.75) is 32.7 Å². The lowest BCUT2D eigenvalue weighted by molar-refractivity contribution is 0.360. The molecule has 1 aliphatic rings. The highest BCUT2D eigenvalue weighted by Crippen LogP contribution is 2.24. The molecule has 0 spiro atoms. The van der Waals surface area contributed by atoms with E-state index >= 15 is 0 Å². The van der Waals surface area contributed by atoms with Crippen LogP contribution < -0.4 is 10.2 Å². The van der Waals surface area contributed by atoms with E-state index in [-0.39, 0.29) is 11.9 Å². The molecule has 1 aromatic rings. The zero-order valence-electron chi connectivity index (χ0n) is 13.5. The Bertz CT molecular complexity index is 450. The van der Waals surface area contributed by atoms with Gasteiger partial charge in [-0.1, -0.05) is 13.0 Å². The Balaban J connectivity index is 2.08. The monoisotopic (exact) mass is 293 g/mol. The van der Waals surface area contributed by atoms with Crippen molar-refractivity contribution >= 4 is 5.69 Å². The molecule has 1 N–H and O–H groups in total. The van der Waals surface area contributed by atoms with Gasteiger partial charge in [0.05, 0.1) is 5.69 Å². The number of halogens is 1. The number of anilines is 1. The van der Waals surface area contributed by atoms with Crippen LogP contribution in [0.25, 0.3) is 0 Å².